The molecule has 0 aliphatic rings. The van der Waals surface area contributed by atoms with Gasteiger partial charge in [0.05, 0.1) is 10.7 Å². The monoisotopic (exact) mass is 457 g/mol. The van der Waals surface area contributed by atoms with Gasteiger partial charge in [-0.25, -0.2) is 4.98 Å². The molecule has 10 heteroatoms. The molecule has 0 spiro atoms. The molecule has 7 nitrogen and oxygen atoms in total. The van der Waals surface area contributed by atoms with Crippen LogP contribution in [-0.4, -0.2) is 25.5 Å². The molecule has 30 heavy (non-hydrogen) atoms. The Morgan fingerprint density at radius 1 is 1.17 bits per heavy atom. The number of benzene rings is 1. The first-order valence-corrected chi connectivity index (χ1v) is 11.2. The summed E-state index contributed by atoms with van der Waals surface area (Å²) >= 11 is 8.63. The summed E-state index contributed by atoms with van der Waals surface area (Å²) in [5.41, 5.74) is 2.09. The Balaban J connectivity index is 1.33. The molecule has 0 fully saturated rings. The van der Waals surface area contributed by atoms with Crippen molar-refractivity contribution in [3.8, 4) is 0 Å². The number of pyridine rings is 1. The lowest BCUT2D eigenvalue weighted by Crippen LogP contribution is -2.14. The minimum absolute atomic E-state index is 0.102. The number of halogens is 1. The van der Waals surface area contributed by atoms with E-state index in [4.69, 9.17) is 11.6 Å². The molecule has 1 aromatic carbocycles. The molecule has 0 saturated heterocycles. The Bertz CT molecular complexity index is 1240. The summed E-state index contributed by atoms with van der Waals surface area (Å²) < 4.78 is 2.09. The first-order chi connectivity index (χ1) is 14.6. The molecule has 4 aromatic rings. The fraction of sp³-hybridized carbons (Fsp3) is 0.150. The van der Waals surface area contributed by atoms with Crippen molar-refractivity contribution in [3.63, 3.8) is 0 Å². The van der Waals surface area contributed by atoms with E-state index in [1.165, 1.54) is 33.6 Å². The van der Waals surface area contributed by atoms with Crippen molar-refractivity contribution in [2.45, 2.75) is 22.9 Å². The zero-order valence-corrected chi connectivity index (χ0v) is 18.0. The van der Waals surface area contributed by atoms with Gasteiger partial charge < -0.3 is 5.32 Å². The maximum absolute atomic E-state index is 12.2. The van der Waals surface area contributed by atoms with E-state index in [0.29, 0.717) is 44.4 Å². The lowest BCUT2D eigenvalue weighted by molar-refractivity contribution is -0.116. The molecular weight excluding hydrogens is 442 g/mol. The zero-order chi connectivity index (χ0) is 20.9. The van der Waals surface area contributed by atoms with Crippen LogP contribution in [0.15, 0.2) is 63.9 Å². The van der Waals surface area contributed by atoms with Gasteiger partial charge in [0, 0.05) is 24.4 Å². The van der Waals surface area contributed by atoms with E-state index in [2.05, 4.69) is 20.5 Å². The fourth-order valence-corrected chi connectivity index (χ4v) is 4.56. The molecule has 152 valence electrons. The fourth-order valence-electron chi connectivity index (χ4n) is 2.74. The molecule has 0 aliphatic heterocycles. The summed E-state index contributed by atoms with van der Waals surface area (Å²) in [6.07, 6.45) is 2.59. The highest BCUT2D eigenvalue weighted by molar-refractivity contribution is 8.00. The predicted octanol–water partition coefficient (Wildman–Crippen LogP) is 4.06. The predicted molar refractivity (Wildman–Crippen MR) is 119 cm³/mol. The number of aryl methyl sites for hydroxylation is 1. The van der Waals surface area contributed by atoms with E-state index < -0.39 is 0 Å². The van der Waals surface area contributed by atoms with Crippen LogP contribution < -0.4 is 10.9 Å². The van der Waals surface area contributed by atoms with Gasteiger partial charge in [0.25, 0.3) is 5.56 Å². The molecule has 0 atom stereocenters. The van der Waals surface area contributed by atoms with E-state index in [9.17, 15) is 9.59 Å². The number of nitrogens with zero attached hydrogens (tertiary/aromatic N) is 4. The maximum Gasteiger partial charge on any atom is 0.258 e. The number of hydrogen-bond donors (Lipinski definition) is 1. The van der Waals surface area contributed by atoms with Crippen LogP contribution in [0.4, 0.5) is 5.13 Å². The van der Waals surface area contributed by atoms with E-state index in [1.54, 1.807) is 18.3 Å². The molecule has 0 bridgehead atoms. The molecule has 3 aromatic heterocycles. The third kappa shape index (κ3) is 5.24. The molecule has 4 rings (SSSR count). The second-order valence-corrected chi connectivity index (χ2v) is 8.99. The van der Waals surface area contributed by atoms with Crippen molar-refractivity contribution in [2.24, 2.45) is 0 Å². The number of anilines is 1. The number of carbonyl (C=O) groups is 1. The van der Waals surface area contributed by atoms with Crippen LogP contribution >= 0.6 is 34.7 Å². The van der Waals surface area contributed by atoms with Crippen molar-refractivity contribution in [1.82, 2.24) is 19.6 Å². The summed E-state index contributed by atoms with van der Waals surface area (Å²) in [6.45, 7) is 0. The summed E-state index contributed by atoms with van der Waals surface area (Å²) in [6, 6.07) is 14.7. The quantitative estimate of drug-likeness (QED) is 0.332. The molecule has 3 heterocycles. The van der Waals surface area contributed by atoms with Crippen molar-refractivity contribution in [1.29, 1.82) is 0 Å². The zero-order valence-electron chi connectivity index (χ0n) is 15.6. The van der Waals surface area contributed by atoms with Crippen LogP contribution in [0.3, 0.4) is 0 Å². The van der Waals surface area contributed by atoms with Gasteiger partial charge in [0.15, 0.2) is 4.34 Å². The van der Waals surface area contributed by atoms with E-state index >= 15 is 0 Å². The minimum atomic E-state index is -0.193. The second-order valence-electron chi connectivity index (χ2n) is 6.36. The molecule has 0 unspecified atom stereocenters. The number of nitrogens with one attached hydrogen (secondary N) is 1. The summed E-state index contributed by atoms with van der Waals surface area (Å²) in [7, 11) is 0. The first-order valence-electron chi connectivity index (χ1n) is 9.05. The number of thioether (sulfide) groups is 1. The minimum Gasteiger partial charge on any atom is -0.300 e. The van der Waals surface area contributed by atoms with Crippen molar-refractivity contribution >= 4 is 51.4 Å². The number of aromatic nitrogens is 4. The van der Waals surface area contributed by atoms with Gasteiger partial charge in [-0.1, -0.05) is 65.0 Å². The van der Waals surface area contributed by atoms with Crippen molar-refractivity contribution in [2.75, 3.05) is 5.32 Å². The van der Waals surface area contributed by atoms with Gasteiger partial charge in [-0.3, -0.25) is 14.0 Å². The van der Waals surface area contributed by atoms with Gasteiger partial charge >= 0.3 is 0 Å². The van der Waals surface area contributed by atoms with Gasteiger partial charge in [-0.2, -0.15) is 0 Å². The Morgan fingerprint density at radius 3 is 2.83 bits per heavy atom. The molecule has 1 amide bonds. The average Bonchev–Trinajstić information content (AvgIpc) is 3.19. The summed E-state index contributed by atoms with van der Waals surface area (Å²) in [4.78, 5) is 28.8. The third-order valence-electron chi connectivity index (χ3n) is 4.16. The van der Waals surface area contributed by atoms with Gasteiger partial charge in [-0.05, 0) is 24.1 Å². The van der Waals surface area contributed by atoms with Crippen molar-refractivity contribution in [3.05, 3.63) is 81.4 Å². The highest BCUT2D eigenvalue weighted by atomic mass is 35.5. The Morgan fingerprint density at radius 2 is 2.00 bits per heavy atom. The van der Waals surface area contributed by atoms with Crippen LogP contribution in [0, 0.1) is 0 Å². The lowest BCUT2D eigenvalue weighted by Gasteiger charge is -2.03. The number of rotatable bonds is 7. The molecule has 0 radical (unpaired) electrons. The normalized spacial score (nSPS) is 11.0. The largest absolute Gasteiger partial charge is 0.300 e. The standard InChI is InChI=1S/C20H16ClN5O2S2/c21-14-7-8-16-22-15(10-18(28)26(16)11-14)12-29-20-25-24-19(30-20)23-17(27)9-6-13-4-2-1-3-5-13/h1-5,7-8,10-11H,6,9,12H2,(H,23,24,27). The molecule has 1 N–H and O–H groups in total. The number of hydrogen-bond acceptors (Lipinski definition) is 7. The molecule has 0 aliphatic carbocycles. The highest BCUT2D eigenvalue weighted by Crippen LogP contribution is 2.28. The highest BCUT2D eigenvalue weighted by Gasteiger charge is 2.10. The first kappa shape index (κ1) is 20.5. The van der Waals surface area contributed by atoms with Gasteiger partial charge in [0.2, 0.25) is 11.0 Å². The van der Waals surface area contributed by atoms with Gasteiger partial charge in [0.1, 0.15) is 5.65 Å². The van der Waals surface area contributed by atoms with Gasteiger partial charge in [-0.15, -0.1) is 10.2 Å². The van der Waals surface area contributed by atoms with E-state index in [-0.39, 0.29) is 11.5 Å². The van der Waals surface area contributed by atoms with E-state index in [0.717, 1.165) is 5.56 Å². The van der Waals surface area contributed by atoms with Crippen LogP contribution in [-0.2, 0) is 17.0 Å². The summed E-state index contributed by atoms with van der Waals surface area (Å²) in [5, 5.41) is 11.8. The SMILES string of the molecule is O=C(CCc1ccccc1)Nc1nnc(SCc2cc(=O)n3cc(Cl)ccc3n2)s1. The number of amides is 1. The van der Waals surface area contributed by atoms with E-state index in [1.807, 2.05) is 30.3 Å². The molecular formula is C20H16ClN5O2S2. The van der Waals surface area contributed by atoms with Crippen LogP contribution in [0.2, 0.25) is 5.02 Å². The Hall–Kier alpha value is -2.75. The Kier molecular flexibility index (Phi) is 6.41. The summed E-state index contributed by atoms with van der Waals surface area (Å²) in [5.74, 6) is 0.361. The lowest BCUT2D eigenvalue weighted by atomic mass is 10.1. The number of carbonyl (C=O) groups excluding carboxylic acids is 1. The van der Waals surface area contributed by atoms with Crippen molar-refractivity contribution < 1.29 is 4.79 Å². The van der Waals surface area contributed by atoms with Crippen LogP contribution in [0.25, 0.3) is 5.65 Å². The smallest absolute Gasteiger partial charge is 0.258 e. The second kappa shape index (κ2) is 9.38. The average molecular weight is 458 g/mol. The third-order valence-corrected chi connectivity index (χ3v) is 6.39. The molecule has 0 saturated carbocycles. The number of fused-ring (bicyclic) bond motifs is 1. The maximum atomic E-state index is 12.2. The Labute approximate surface area is 185 Å². The topological polar surface area (TPSA) is 89.2 Å². The van der Waals surface area contributed by atoms with Crippen LogP contribution in [0.5, 0.6) is 0 Å². The van der Waals surface area contributed by atoms with Crippen LogP contribution in [0.1, 0.15) is 17.7 Å².